The number of amides is 1. The first-order valence-corrected chi connectivity index (χ1v) is 35.1. The Labute approximate surface area is 500 Å². The molecule has 0 bridgehead atoms. The molecule has 0 radical (unpaired) electrons. The van der Waals surface area contributed by atoms with Crippen LogP contribution in [0.25, 0.3) is 0 Å². The summed E-state index contributed by atoms with van der Waals surface area (Å²) in [4.78, 5) is 37.8. The molecule has 0 aliphatic heterocycles. The lowest BCUT2D eigenvalue weighted by Gasteiger charge is -2.27. The van der Waals surface area contributed by atoms with Crippen molar-refractivity contribution in [2.24, 2.45) is 0 Å². The summed E-state index contributed by atoms with van der Waals surface area (Å²) in [6.45, 7) is 6.89. The molecule has 2 N–H and O–H groups in total. The highest BCUT2D eigenvalue weighted by Gasteiger charge is 2.30. The fourth-order valence-electron chi connectivity index (χ4n) is 9.35. The summed E-state index contributed by atoms with van der Waals surface area (Å²) in [7, 11) is 1.47. The number of carbonyl (C=O) groups is 2. The summed E-state index contributed by atoms with van der Waals surface area (Å²) in [5.41, 5.74) is 0. The standard InChI is InChI=1S/C71H127N2O7P/c1-7-10-13-16-19-22-25-28-30-32-34-35-36-37-39-41-43-46-49-52-55-58-61-64-71(75)80-69(62-59-56-53-50-47-44-27-24-21-18-15-12-9-3)68(67-79-81(76,77)78-66-65-73(4,5)6)72-70(74)63-60-57-54-51-48-45-42-40-38-33-31-29-26-23-20-17-14-11-8-2/h10,13,19,22,28-31,34-35,37,39,43,46,59,62,68-69H,7-9,11-12,14-18,20-21,23-27,32-33,36,38,40-42,44-45,47-58,60-61,63-67H2,1-6H3,(H-,72,74,76,77)/p+1/b13-10-,22-19-,30-28-,31-29+,35-34-,39-37-,46-43-,62-59+. The Morgan fingerprint density at radius 1 is 0.444 bits per heavy atom. The molecular weight excluding hydrogens is 1020 g/mol. The second kappa shape index (κ2) is 60.1. The van der Waals surface area contributed by atoms with E-state index in [-0.39, 0.29) is 31.5 Å². The highest BCUT2D eigenvalue weighted by atomic mass is 31.2. The van der Waals surface area contributed by atoms with E-state index >= 15 is 0 Å². The lowest BCUT2D eigenvalue weighted by molar-refractivity contribution is -0.870. The van der Waals surface area contributed by atoms with Gasteiger partial charge in [0.25, 0.3) is 0 Å². The van der Waals surface area contributed by atoms with E-state index in [2.05, 4.69) is 111 Å². The monoisotopic (exact) mass is 1150 g/mol. The number of carbonyl (C=O) groups excluding carboxylic acids is 2. The van der Waals surface area contributed by atoms with Gasteiger partial charge in [-0.15, -0.1) is 0 Å². The predicted octanol–water partition coefficient (Wildman–Crippen LogP) is 21.1. The molecule has 0 aliphatic carbocycles. The average molecular weight is 1150 g/mol. The Balaban J connectivity index is 5.26. The molecule has 0 aromatic carbocycles. The second-order valence-electron chi connectivity index (χ2n) is 23.6. The zero-order valence-electron chi connectivity index (χ0n) is 53.5. The summed E-state index contributed by atoms with van der Waals surface area (Å²) >= 11 is 0. The van der Waals surface area contributed by atoms with E-state index in [0.717, 1.165) is 103 Å². The molecule has 9 nitrogen and oxygen atoms in total. The normalized spacial score (nSPS) is 14.2. The maximum absolute atomic E-state index is 13.6. The van der Waals surface area contributed by atoms with Gasteiger partial charge in [0, 0.05) is 12.8 Å². The van der Waals surface area contributed by atoms with Gasteiger partial charge in [0.2, 0.25) is 5.91 Å². The lowest BCUT2D eigenvalue weighted by Crippen LogP contribution is -2.47. The molecule has 468 valence electrons. The summed E-state index contributed by atoms with van der Waals surface area (Å²) in [5.74, 6) is -0.535. The number of unbranched alkanes of at least 4 members (excludes halogenated alkanes) is 30. The van der Waals surface area contributed by atoms with Gasteiger partial charge in [-0.05, 0) is 109 Å². The molecule has 81 heavy (non-hydrogen) atoms. The molecule has 1 amide bonds. The maximum Gasteiger partial charge on any atom is 0.472 e. The molecule has 0 rings (SSSR count). The van der Waals surface area contributed by atoms with Crippen molar-refractivity contribution in [3.05, 3.63) is 97.2 Å². The number of hydrogen-bond acceptors (Lipinski definition) is 6. The minimum Gasteiger partial charge on any atom is -0.456 e. The average Bonchev–Trinajstić information content (AvgIpc) is 3.44. The molecule has 0 saturated heterocycles. The largest absolute Gasteiger partial charge is 0.472 e. The Morgan fingerprint density at radius 2 is 0.790 bits per heavy atom. The third-order valence-corrected chi connectivity index (χ3v) is 15.5. The zero-order valence-corrected chi connectivity index (χ0v) is 54.4. The summed E-state index contributed by atoms with van der Waals surface area (Å²) in [6, 6.07) is -0.866. The molecule has 0 fully saturated rings. The van der Waals surface area contributed by atoms with Gasteiger partial charge in [0.05, 0.1) is 33.8 Å². The van der Waals surface area contributed by atoms with Crippen LogP contribution >= 0.6 is 7.82 Å². The number of ether oxygens (including phenoxy) is 1. The fourth-order valence-corrected chi connectivity index (χ4v) is 10.1. The smallest absolute Gasteiger partial charge is 0.456 e. The maximum atomic E-state index is 13.6. The highest BCUT2D eigenvalue weighted by molar-refractivity contribution is 7.47. The number of nitrogens with one attached hydrogen (secondary N) is 1. The number of phosphoric acid groups is 1. The number of rotatable bonds is 60. The Hall–Kier alpha value is -3.07. The summed E-state index contributed by atoms with van der Waals surface area (Å²) in [6.07, 6.45) is 81.2. The van der Waals surface area contributed by atoms with Crippen LogP contribution in [-0.2, 0) is 27.9 Å². The van der Waals surface area contributed by atoms with Gasteiger partial charge < -0.3 is 19.4 Å². The molecule has 0 aromatic heterocycles. The Kier molecular flexibility index (Phi) is 57.8. The van der Waals surface area contributed by atoms with Crippen molar-refractivity contribution < 1.29 is 37.3 Å². The van der Waals surface area contributed by atoms with Gasteiger partial charge in [0.1, 0.15) is 19.3 Å². The Morgan fingerprint density at radius 3 is 1.20 bits per heavy atom. The first-order chi connectivity index (χ1) is 39.4. The van der Waals surface area contributed by atoms with Crippen molar-refractivity contribution in [3.8, 4) is 0 Å². The molecule has 0 heterocycles. The van der Waals surface area contributed by atoms with Gasteiger partial charge in [0.15, 0.2) is 0 Å². The van der Waals surface area contributed by atoms with Gasteiger partial charge in [-0.3, -0.25) is 18.6 Å². The van der Waals surface area contributed by atoms with Crippen LogP contribution in [0, 0.1) is 0 Å². The number of likely N-dealkylation sites (N-methyl/N-ethyl adjacent to an activating group) is 1. The van der Waals surface area contributed by atoms with Crippen LogP contribution in [-0.4, -0.2) is 74.3 Å². The molecule has 0 aromatic rings. The lowest BCUT2D eigenvalue weighted by atomic mass is 10.0. The van der Waals surface area contributed by atoms with Crippen molar-refractivity contribution in [3.63, 3.8) is 0 Å². The number of esters is 1. The molecule has 3 atom stereocenters. The molecule has 3 unspecified atom stereocenters. The number of phosphoric ester groups is 1. The van der Waals surface area contributed by atoms with Gasteiger partial charge in [-0.25, -0.2) is 4.57 Å². The number of allylic oxidation sites excluding steroid dienone is 15. The molecular formula is C71H128N2O7P+. The van der Waals surface area contributed by atoms with E-state index < -0.39 is 20.0 Å². The highest BCUT2D eigenvalue weighted by Crippen LogP contribution is 2.43. The van der Waals surface area contributed by atoms with E-state index in [0.29, 0.717) is 23.9 Å². The van der Waals surface area contributed by atoms with Gasteiger partial charge >= 0.3 is 13.8 Å². The van der Waals surface area contributed by atoms with Crippen LogP contribution in [0.3, 0.4) is 0 Å². The van der Waals surface area contributed by atoms with Gasteiger partial charge in [-0.1, -0.05) is 266 Å². The topological polar surface area (TPSA) is 111 Å². The van der Waals surface area contributed by atoms with Crippen molar-refractivity contribution in [1.29, 1.82) is 0 Å². The third kappa shape index (κ3) is 61.3. The van der Waals surface area contributed by atoms with E-state index in [1.54, 1.807) is 0 Å². The van der Waals surface area contributed by atoms with Crippen molar-refractivity contribution in [2.45, 2.75) is 303 Å². The first-order valence-electron chi connectivity index (χ1n) is 33.6. The predicted molar refractivity (Wildman–Crippen MR) is 350 cm³/mol. The number of hydrogen-bond donors (Lipinski definition) is 2. The minimum absolute atomic E-state index is 0.0317. The molecule has 0 saturated carbocycles. The zero-order chi connectivity index (χ0) is 59.3. The molecule has 0 aliphatic rings. The minimum atomic E-state index is -4.46. The van der Waals surface area contributed by atoms with Crippen LogP contribution in [0.5, 0.6) is 0 Å². The summed E-state index contributed by atoms with van der Waals surface area (Å²) < 4.78 is 30.8. The molecule has 0 spiro atoms. The van der Waals surface area contributed by atoms with Crippen LogP contribution in [0.1, 0.15) is 290 Å². The number of nitrogens with zero attached hydrogens (tertiary/aromatic N) is 1. The van der Waals surface area contributed by atoms with Crippen molar-refractivity contribution >= 4 is 19.7 Å². The van der Waals surface area contributed by atoms with Crippen LogP contribution in [0.4, 0.5) is 0 Å². The number of quaternary nitrogens is 1. The first kappa shape index (κ1) is 77.9. The van der Waals surface area contributed by atoms with E-state index in [1.807, 2.05) is 33.3 Å². The van der Waals surface area contributed by atoms with Crippen molar-refractivity contribution in [2.75, 3.05) is 40.9 Å². The molecule has 10 heteroatoms. The van der Waals surface area contributed by atoms with E-state index in [4.69, 9.17) is 13.8 Å². The van der Waals surface area contributed by atoms with Gasteiger partial charge in [-0.2, -0.15) is 0 Å². The van der Waals surface area contributed by atoms with Crippen LogP contribution in [0.15, 0.2) is 97.2 Å². The van der Waals surface area contributed by atoms with Crippen molar-refractivity contribution in [1.82, 2.24) is 5.32 Å². The van der Waals surface area contributed by atoms with Crippen LogP contribution in [0.2, 0.25) is 0 Å². The third-order valence-electron chi connectivity index (χ3n) is 14.5. The second-order valence-corrected chi connectivity index (χ2v) is 25.1. The van der Waals surface area contributed by atoms with Crippen LogP contribution < -0.4 is 5.32 Å². The fraction of sp³-hybridized carbons (Fsp3) is 0.746. The SMILES string of the molecule is CC/C=C\C/C=C\C/C=C\C/C=C\C/C=C\C/C=C\CCCCCCC(=O)OC(/C=C/CCCCCCCCCCCCC)C(COP(=O)(O)OCC[N+](C)(C)C)NC(=O)CCCCCCCCCCC/C=C/CCCCCCCC. The van der Waals surface area contributed by atoms with E-state index in [1.165, 1.54) is 148 Å². The summed E-state index contributed by atoms with van der Waals surface area (Å²) in [5, 5.41) is 3.06. The van der Waals surface area contributed by atoms with E-state index in [9.17, 15) is 19.0 Å². The quantitative estimate of drug-likeness (QED) is 0.0205. The Bertz CT molecular complexity index is 1710.